The fourth-order valence-electron chi connectivity index (χ4n) is 6.01. The molecule has 0 bridgehead atoms. The summed E-state index contributed by atoms with van der Waals surface area (Å²) in [5.74, 6) is 0. The molecule has 0 radical (unpaired) electrons. The van der Waals surface area contributed by atoms with Gasteiger partial charge in [0.15, 0.2) is 0 Å². The minimum atomic E-state index is -0.273. The van der Waals surface area contributed by atoms with Crippen molar-refractivity contribution in [1.82, 2.24) is 0 Å². The Labute approximate surface area is 196 Å². The third-order valence-electron chi connectivity index (χ3n) is 7.18. The van der Waals surface area contributed by atoms with Crippen molar-refractivity contribution in [3.05, 3.63) is 142 Å². The summed E-state index contributed by atoms with van der Waals surface area (Å²) < 4.78 is 1.10. The zero-order valence-electron chi connectivity index (χ0n) is 17.3. The van der Waals surface area contributed by atoms with Crippen molar-refractivity contribution < 1.29 is 0 Å². The van der Waals surface area contributed by atoms with Gasteiger partial charge in [-0.2, -0.15) is 0 Å². The minimum Gasteiger partial charge on any atom is -0.0619 e. The summed E-state index contributed by atoms with van der Waals surface area (Å²) in [6, 6.07) is 42.4. The van der Waals surface area contributed by atoms with E-state index in [0.717, 1.165) is 4.47 Å². The van der Waals surface area contributed by atoms with Crippen molar-refractivity contribution >= 4 is 15.9 Å². The van der Waals surface area contributed by atoms with Crippen LogP contribution in [-0.2, 0) is 5.41 Å². The molecule has 32 heavy (non-hydrogen) atoms. The maximum Gasteiger partial charge on any atom is 0.0725 e. The van der Waals surface area contributed by atoms with E-state index in [2.05, 4.69) is 131 Å². The lowest BCUT2D eigenvalue weighted by Crippen LogP contribution is -2.25. The molecule has 1 heteroatoms. The van der Waals surface area contributed by atoms with Crippen molar-refractivity contribution in [2.45, 2.75) is 5.41 Å². The van der Waals surface area contributed by atoms with Crippen LogP contribution in [0.3, 0.4) is 0 Å². The highest BCUT2D eigenvalue weighted by molar-refractivity contribution is 9.10. The van der Waals surface area contributed by atoms with Crippen LogP contribution in [0.4, 0.5) is 0 Å². The second kappa shape index (κ2) is 6.54. The molecule has 0 saturated carbocycles. The van der Waals surface area contributed by atoms with E-state index < -0.39 is 0 Å². The van der Waals surface area contributed by atoms with E-state index in [9.17, 15) is 0 Å². The molecule has 0 aliphatic heterocycles. The van der Waals surface area contributed by atoms with Gasteiger partial charge in [0.2, 0.25) is 0 Å². The van der Waals surface area contributed by atoms with Gasteiger partial charge in [-0.1, -0.05) is 119 Å². The Hall–Kier alpha value is -3.42. The number of benzene rings is 5. The van der Waals surface area contributed by atoms with E-state index >= 15 is 0 Å². The highest BCUT2D eigenvalue weighted by atomic mass is 79.9. The molecule has 0 heterocycles. The predicted octanol–water partition coefficient (Wildman–Crippen LogP) is 8.46. The Morgan fingerprint density at radius 2 is 0.875 bits per heavy atom. The molecular formula is C31H19Br. The number of rotatable bonds is 1. The van der Waals surface area contributed by atoms with Crippen LogP contribution in [0.5, 0.6) is 0 Å². The number of halogens is 1. The number of fused-ring (bicyclic) bond motifs is 10. The summed E-state index contributed by atoms with van der Waals surface area (Å²) in [5, 5.41) is 0. The van der Waals surface area contributed by atoms with Gasteiger partial charge in [-0.15, -0.1) is 0 Å². The zero-order valence-corrected chi connectivity index (χ0v) is 18.9. The molecule has 0 aromatic heterocycles. The van der Waals surface area contributed by atoms with Crippen molar-refractivity contribution in [2.24, 2.45) is 0 Å². The van der Waals surface area contributed by atoms with Crippen LogP contribution in [-0.4, -0.2) is 0 Å². The van der Waals surface area contributed by atoms with E-state index in [4.69, 9.17) is 0 Å². The normalized spacial score (nSPS) is 14.0. The maximum absolute atomic E-state index is 3.59. The van der Waals surface area contributed by atoms with Crippen LogP contribution in [0.2, 0.25) is 0 Å². The van der Waals surface area contributed by atoms with Crippen molar-refractivity contribution in [3.8, 4) is 33.4 Å². The monoisotopic (exact) mass is 470 g/mol. The molecule has 7 rings (SSSR count). The molecule has 0 atom stereocenters. The van der Waals surface area contributed by atoms with Crippen LogP contribution < -0.4 is 0 Å². The lowest BCUT2D eigenvalue weighted by molar-refractivity contribution is 0.794. The summed E-state index contributed by atoms with van der Waals surface area (Å²) in [5.41, 5.74) is 13.2. The smallest absolute Gasteiger partial charge is 0.0619 e. The molecule has 0 nitrogen and oxygen atoms in total. The summed E-state index contributed by atoms with van der Waals surface area (Å²) in [6.45, 7) is 0. The van der Waals surface area contributed by atoms with Crippen LogP contribution in [0, 0.1) is 0 Å². The second-order valence-corrected chi connectivity index (χ2v) is 9.54. The average Bonchev–Trinajstić information content (AvgIpc) is 3.32. The summed E-state index contributed by atoms with van der Waals surface area (Å²) in [4.78, 5) is 0. The van der Waals surface area contributed by atoms with Crippen molar-refractivity contribution in [1.29, 1.82) is 0 Å². The minimum absolute atomic E-state index is 0.273. The van der Waals surface area contributed by atoms with Gasteiger partial charge in [0.05, 0.1) is 5.41 Å². The van der Waals surface area contributed by atoms with Crippen LogP contribution in [0.15, 0.2) is 120 Å². The SMILES string of the molecule is Brc1ccc(-c2cccc3c2-c2ccccc2C32c3ccccc3-c3ccccc32)cc1. The number of hydrogen-bond donors (Lipinski definition) is 0. The molecular weight excluding hydrogens is 452 g/mol. The fourth-order valence-corrected chi connectivity index (χ4v) is 6.28. The highest BCUT2D eigenvalue weighted by Gasteiger charge is 2.51. The lowest BCUT2D eigenvalue weighted by atomic mass is 9.70. The van der Waals surface area contributed by atoms with Crippen LogP contribution in [0.25, 0.3) is 33.4 Å². The molecule has 2 aliphatic rings. The Morgan fingerprint density at radius 3 is 1.50 bits per heavy atom. The quantitative estimate of drug-likeness (QED) is 0.225. The first-order valence-electron chi connectivity index (χ1n) is 11.0. The van der Waals surface area contributed by atoms with Crippen molar-refractivity contribution in [3.63, 3.8) is 0 Å². The third kappa shape index (κ3) is 2.17. The van der Waals surface area contributed by atoms with E-state index in [1.54, 1.807) is 0 Å². The topological polar surface area (TPSA) is 0 Å². The molecule has 2 aliphatic carbocycles. The molecule has 0 saturated heterocycles. The lowest BCUT2D eigenvalue weighted by Gasteiger charge is -2.30. The van der Waals surface area contributed by atoms with Gasteiger partial charge in [-0.3, -0.25) is 0 Å². The predicted molar refractivity (Wildman–Crippen MR) is 136 cm³/mol. The van der Waals surface area contributed by atoms with Gasteiger partial charge < -0.3 is 0 Å². The van der Waals surface area contributed by atoms with Gasteiger partial charge in [-0.25, -0.2) is 0 Å². The Bertz CT molecular complexity index is 1480. The van der Waals surface area contributed by atoms with E-state index in [-0.39, 0.29) is 5.41 Å². The summed E-state index contributed by atoms with van der Waals surface area (Å²) in [7, 11) is 0. The van der Waals surface area contributed by atoms with E-state index in [0.29, 0.717) is 0 Å². The first-order valence-corrected chi connectivity index (χ1v) is 11.8. The molecule has 0 amide bonds. The summed E-state index contributed by atoms with van der Waals surface area (Å²) in [6.07, 6.45) is 0. The van der Waals surface area contributed by atoms with Gasteiger partial charge in [0, 0.05) is 4.47 Å². The van der Waals surface area contributed by atoms with Crippen LogP contribution in [0.1, 0.15) is 22.3 Å². The Balaban J connectivity index is 1.66. The van der Waals surface area contributed by atoms with E-state index in [1.165, 1.54) is 55.6 Å². The molecule has 5 aromatic carbocycles. The average molecular weight is 471 g/mol. The summed E-state index contributed by atoms with van der Waals surface area (Å²) >= 11 is 3.59. The Morgan fingerprint density at radius 1 is 0.406 bits per heavy atom. The molecule has 5 aromatic rings. The zero-order chi connectivity index (χ0) is 21.3. The first kappa shape index (κ1) is 18.2. The number of hydrogen-bond acceptors (Lipinski definition) is 0. The standard InChI is InChI=1S/C31H19Br/c32-21-18-16-20(17-19-21)22-11-7-15-29-30(22)25-10-3-6-14-28(25)31(29)26-12-4-1-8-23(26)24-9-2-5-13-27(24)31/h1-19H. The van der Waals surface area contributed by atoms with Crippen LogP contribution >= 0.6 is 15.9 Å². The van der Waals surface area contributed by atoms with Crippen molar-refractivity contribution in [2.75, 3.05) is 0 Å². The third-order valence-corrected chi connectivity index (χ3v) is 7.71. The maximum atomic E-state index is 3.59. The highest BCUT2D eigenvalue weighted by Crippen LogP contribution is 2.63. The van der Waals surface area contributed by atoms with Gasteiger partial charge in [-0.05, 0) is 67.8 Å². The first-order chi connectivity index (χ1) is 15.8. The molecule has 1 spiro atoms. The largest absolute Gasteiger partial charge is 0.0725 e. The molecule has 0 unspecified atom stereocenters. The second-order valence-electron chi connectivity index (χ2n) is 8.62. The molecule has 0 N–H and O–H groups in total. The van der Waals surface area contributed by atoms with Gasteiger partial charge in [0.1, 0.15) is 0 Å². The Kier molecular flexibility index (Phi) is 3.72. The van der Waals surface area contributed by atoms with E-state index in [1.807, 2.05) is 0 Å². The van der Waals surface area contributed by atoms with Gasteiger partial charge >= 0.3 is 0 Å². The molecule has 150 valence electrons. The molecule has 0 fully saturated rings. The van der Waals surface area contributed by atoms with Gasteiger partial charge in [0.25, 0.3) is 0 Å². The fraction of sp³-hybridized carbons (Fsp3) is 0.0323.